The van der Waals surface area contributed by atoms with E-state index in [1.54, 1.807) is 0 Å². The molecule has 160 valence electrons. The average molecular weight is 445 g/mol. The summed E-state index contributed by atoms with van der Waals surface area (Å²) >= 11 is 0. The third-order valence-corrected chi connectivity index (χ3v) is 4.53. The Labute approximate surface area is 174 Å². The number of morpholine rings is 1. The van der Waals surface area contributed by atoms with Gasteiger partial charge in [-0.1, -0.05) is 0 Å². The van der Waals surface area contributed by atoms with E-state index in [2.05, 4.69) is 10.6 Å². The molecule has 28 heavy (non-hydrogen) atoms. The predicted molar refractivity (Wildman–Crippen MR) is 107 cm³/mol. The Morgan fingerprint density at radius 1 is 1.11 bits per heavy atom. The van der Waals surface area contributed by atoms with Crippen molar-refractivity contribution in [2.45, 2.75) is 6.18 Å². The van der Waals surface area contributed by atoms with E-state index in [1.165, 1.54) is 6.07 Å². The van der Waals surface area contributed by atoms with Crippen LogP contribution in [-0.4, -0.2) is 69.8 Å². The number of alkyl halides is 3. The third-order valence-electron chi connectivity index (χ3n) is 4.53. The number of benzene rings is 1. The van der Waals surface area contributed by atoms with E-state index in [0.29, 0.717) is 32.0 Å². The van der Waals surface area contributed by atoms with Gasteiger partial charge in [0.1, 0.15) is 0 Å². The molecule has 1 aromatic rings. The van der Waals surface area contributed by atoms with Gasteiger partial charge in [0.2, 0.25) is 5.91 Å². The molecule has 2 fully saturated rings. The summed E-state index contributed by atoms with van der Waals surface area (Å²) in [7, 11) is 0. The highest BCUT2D eigenvalue weighted by atomic mass is 35.5. The van der Waals surface area contributed by atoms with E-state index >= 15 is 0 Å². The largest absolute Gasteiger partial charge is 0.416 e. The predicted octanol–water partition coefficient (Wildman–Crippen LogP) is 2.23. The zero-order valence-electron chi connectivity index (χ0n) is 15.3. The number of ether oxygens (including phenoxy) is 1. The minimum Gasteiger partial charge on any atom is -0.378 e. The lowest BCUT2D eigenvalue weighted by atomic mass is 10.1. The first-order valence-electron chi connectivity index (χ1n) is 8.70. The molecule has 0 atom stereocenters. The molecule has 0 aliphatic carbocycles. The molecule has 11 heteroatoms. The van der Waals surface area contributed by atoms with Gasteiger partial charge in [0.05, 0.1) is 36.7 Å². The topological polar surface area (TPSA) is 56.8 Å². The summed E-state index contributed by atoms with van der Waals surface area (Å²) in [6, 6.07) is 3.49. The fourth-order valence-corrected chi connectivity index (χ4v) is 3.15. The number of carbonyl (C=O) groups is 1. The van der Waals surface area contributed by atoms with Crippen molar-refractivity contribution in [3.63, 3.8) is 0 Å². The number of hydrogen-bond donors (Lipinski definition) is 2. The highest BCUT2D eigenvalue weighted by Crippen LogP contribution is 2.35. The standard InChI is InChI=1S/C17H23F3N4O2.2ClH/c18-17(19,20)13-1-2-15(24-7-9-26-10-8-24)14(11-13)22-16(25)12-23-5-3-21-4-6-23;;/h1-2,11,21H,3-10,12H2,(H,22,25);2*1H. The van der Waals surface area contributed by atoms with Crippen LogP contribution in [0.3, 0.4) is 0 Å². The van der Waals surface area contributed by atoms with Crippen LogP contribution in [0, 0.1) is 0 Å². The van der Waals surface area contributed by atoms with Crippen LogP contribution in [0.25, 0.3) is 0 Å². The Hall–Kier alpha value is -1.26. The van der Waals surface area contributed by atoms with Crippen molar-refractivity contribution < 1.29 is 22.7 Å². The minimum atomic E-state index is -4.46. The highest BCUT2D eigenvalue weighted by Gasteiger charge is 2.32. The van der Waals surface area contributed by atoms with E-state index < -0.39 is 11.7 Å². The SMILES string of the molecule is Cl.Cl.O=C(CN1CCNCC1)Nc1cc(C(F)(F)F)ccc1N1CCOCC1. The zero-order valence-corrected chi connectivity index (χ0v) is 16.9. The van der Waals surface area contributed by atoms with Crippen LogP contribution in [0.2, 0.25) is 0 Å². The number of hydrogen-bond acceptors (Lipinski definition) is 5. The van der Waals surface area contributed by atoms with Crippen molar-refractivity contribution in [3.8, 4) is 0 Å². The summed E-state index contributed by atoms with van der Waals surface area (Å²) < 4.78 is 44.6. The van der Waals surface area contributed by atoms with E-state index in [9.17, 15) is 18.0 Å². The summed E-state index contributed by atoms with van der Waals surface area (Å²) in [6.45, 7) is 5.42. The molecule has 1 aromatic carbocycles. The number of piperazine rings is 1. The van der Waals surface area contributed by atoms with E-state index in [4.69, 9.17) is 4.74 Å². The van der Waals surface area contributed by atoms with E-state index in [1.807, 2.05) is 9.80 Å². The first kappa shape index (κ1) is 24.8. The fraction of sp³-hybridized carbons (Fsp3) is 0.588. The number of carbonyl (C=O) groups excluding carboxylic acids is 1. The molecule has 0 aromatic heterocycles. The Bertz CT molecular complexity index is 637. The van der Waals surface area contributed by atoms with Gasteiger partial charge >= 0.3 is 6.18 Å². The van der Waals surface area contributed by atoms with Crippen LogP contribution >= 0.6 is 24.8 Å². The molecular formula is C17H25Cl2F3N4O2. The number of anilines is 2. The molecule has 0 radical (unpaired) electrons. The lowest BCUT2D eigenvalue weighted by molar-refractivity contribution is -0.137. The van der Waals surface area contributed by atoms with Crippen LogP contribution in [0.4, 0.5) is 24.5 Å². The van der Waals surface area contributed by atoms with Gasteiger partial charge in [-0.3, -0.25) is 9.69 Å². The molecule has 2 aliphatic heterocycles. The maximum Gasteiger partial charge on any atom is 0.416 e. The second kappa shape index (κ2) is 11.1. The third kappa shape index (κ3) is 6.66. The van der Waals surface area contributed by atoms with Gasteiger partial charge in [-0.15, -0.1) is 24.8 Å². The van der Waals surface area contributed by atoms with Crippen molar-refractivity contribution >= 4 is 42.1 Å². The lowest BCUT2D eigenvalue weighted by Gasteiger charge is -2.31. The van der Waals surface area contributed by atoms with Crippen LogP contribution in [0.5, 0.6) is 0 Å². The Balaban J connectivity index is 0.00000196. The van der Waals surface area contributed by atoms with Gasteiger partial charge in [-0.05, 0) is 18.2 Å². The lowest BCUT2D eigenvalue weighted by Crippen LogP contribution is -2.46. The molecule has 1 amide bonds. The Morgan fingerprint density at radius 3 is 2.36 bits per heavy atom. The number of rotatable bonds is 4. The van der Waals surface area contributed by atoms with Gasteiger partial charge in [-0.2, -0.15) is 13.2 Å². The van der Waals surface area contributed by atoms with Gasteiger partial charge in [0, 0.05) is 39.3 Å². The molecule has 2 aliphatic rings. The van der Waals surface area contributed by atoms with Gasteiger partial charge in [-0.25, -0.2) is 0 Å². The van der Waals surface area contributed by atoms with Crippen molar-refractivity contribution in [1.82, 2.24) is 10.2 Å². The maximum absolute atomic E-state index is 13.1. The fourth-order valence-electron chi connectivity index (χ4n) is 3.15. The number of halogens is 5. The molecule has 0 spiro atoms. The minimum absolute atomic E-state index is 0. The molecule has 6 nitrogen and oxygen atoms in total. The highest BCUT2D eigenvalue weighted by molar-refractivity contribution is 5.95. The first-order chi connectivity index (χ1) is 12.4. The number of amides is 1. The average Bonchev–Trinajstić information content (AvgIpc) is 2.62. The molecule has 2 saturated heterocycles. The second-order valence-corrected chi connectivity index (χ2v) is 6.40. The van der Waals surface area contributed by atoms with Crippen LogP contribution in [-0.2, 0) is 15.7 Å². The van der Waals surface area contributed by atoms with Crippen molar-refractivity contribution in [3.05, 3.63) is 23.8 Å². The monoisotopic (exact) mass is 444 g/mol. The molecule has 3 rings (SSSR count). The molecule has 0 unspecified atom stereocenters. The summed E-state index contributed by atoms with van der Waals surface area (Å²) in [5, 5.41) is 5.88. The molecule has 0 saturated carbocycles. The number of nitrogens with zero attached hydrogens (tertiary/aromatic N) is 2. The van der Waals surface area contributed by atoms with Crippen LogP contribution < -0.4 is 15.5 Å². The Morgan fingerprint density at radius 2 is 1.75 bits per heavy atom. The maximum atomic E-state index is 13.1. The number of nitrogens with one attached hydrogen (secondary N) is 2. The first-order valence-corrected chi connectivity index (χ1v) is 8.70. The van der Waals surface area contributed by atoms with Crippen LogP contribution in [0.1, 0.15) is 5.56 Å². The Kier molecular flexibility index (Phi) is 9.79. The summed E-state index contributed by atoms with van der Waals surface area (Å²) in [5.74, 6) is -0.305. The summed E-state index contributed by atoms with van der Waals surface area (Å²) in [5.41, 5.74) is 0.0174. The van der Waals surface area contributed by atoms with Gasteiger partial charge < -0.3 is 20.3 Å². The second-order valence-electron chi connectivity index (χ2n) is 6.40. The van der Waals surface area contributed by atoms with Crippen molar-refractivity contribution in [2.24, 2.45) is 0 Å². The van der Waals surface area contributed by atoms with E-state index in [0.717, 1.165) is 38.3 Å². The van der Waals surface area contributed by atoms with Gasteiger partial charge in [0.15, 0.2) is 0 Å². The molecule has 2 N–H and O–H groups in total. The normalized spacial score (nSPS) is 18.0. The quantitative estimate of drug-likeness (QED) is 0.745. The van der Waals surface area contributed by atoms with Crippen molar-refractivity contribution in [2.75, 3.05) is 69.2 Å². The smallest absolute Gasteiger partial charge is 0.378 e. The van der Waals surface area contributed by atoms with Gasteiger partial charge in [0.25, 0.3) is 0 Å². The van der Waals surface area contributed by atoms with E-state index in [-0.39, 0.29) is 43.0 Å². The van der Waals surface area contributed by atoms with Crippen LogP contribution in [0.15, 0.2) is 18.2 Å². The van der Waals surface area contributed by atoms with Crippen molar-refractivity contribution in [1.29, 1.82) is 0 Å². The summed E-state index contributed by atoms with van der Waals surface area (Å²) in [4.78, 5) is 16.3. The zero-order chi connectivity index (χ0) is 18.6. The molecule has 0 bridgehead atoms. The molecular weight excluding hydrogens is 420 g/mol. The molecule has 2 heterocycles. The summed E-state index contributed by atoms with van der Waals surface area (Å²) in [6.07, 6.45) is -4.46.